The molecule has 30 heavy (non-hydrogen) atoms. The first kappa shape index (κ1) is 21.8. The molecule has 0 aromatic heterocycles. The number of hydrogen-bond acceptors (Lipinski definition) is 6. The van der Waals surface area contributed by atoms with Crippen LogP contribution in [0.5, 0.6) is 11.5 Å². The lowest BCUT2D eigenvalue weighted by Gasteiger charge is -2.18. The van der Waals surface area contributed by atoms with Gasteiger partial charge in [0, 0.05) is 12.1 Å². The van der Waals surface area contributed by atoms with Crippen LogP contribution in [0, 0.1) is 0 Å². The van der Waals surface area contributed by atoms with Crippen molar-refractivity contribution in [3.63, 3.8) is 0 Å². The Bertz CT molecular complexity index is 1010. The lowest BCUT2D eigenvalue weighted by atomic mass is 10.2. The van der Waals surface area contributed by atoms with Gasteiger partial charge in [0.1, 0.15) is 15.8 Å². The Morgan fingerprint density at radius 3 is 2.20 bits per heavy atom. The minimum absolute atomic E-state index is 0.0242. The fraction of sp³-hybridized carbons (Fsp3) is 0.174. The van der Waals surface area contributed by atoms with E-state index in [0.717, 1.165) is 16.9 Å². The molecule has 1 fully saturated rings. The van der Waals surface area contributed by atoms with Crippen LogP contribution in [0.3, 0.4) is 0 Å². The molecule has 1 saturated heterocycles. The van der Waals surface area contributed by atoms with Gasteiger partial charge in [-0.1, -0.05) is 48.2 Å². The third kappa shape index (κ3) is 5.37. The Hall–Kier alpha value is -2.90. The predicted octanol–water partition coefficient (Wildman–Crippen LogP) is 4.92. The highest BCUT2D eigenvalue weighted by Gasteiger charge is 2.33. The van der Waals surface area contributed by atoms with E-state index in [9.17, 15) is 9.59 Å². The van der Waals surface area contributed by atoms with E-state index in [0.29, 0.717) is 15.0 Å². The first-order valence-corrected chi connectivity index (χ1v) is 10.5. The Morgan fingerprint density at radius 2 is 1.63 bits per heavy atom. The number of benzene rings is 2. The zero-order chi connectivity index (χ0) is 21.7. The van der Waals surface area contributed by atoms with Crippen LogP contribution in [0.4, 0.5) is 0 Å². The minimum Gasteiger partial charge on any atom is -0.497 e. The zero-order valence-electron chi connectivity index (χ0n) is 16.8. The maximum absolute atomic E-state index is 12.5. The molecule has 1 amide bonds. The van der Waals surface area contributed by atoms with E-state index in [1.165, 1.54) is 17.8 Å². The summed E-state index contributed by atoms with van der Waals surface area (Å²) in [5.41, 5.74) is 1.69. The second kappa shape index (κ2) is 9.73. The Morgan fingerprint density at radius 1 is 1.03 bits per heavy atom. The molecule has 0 radical (unpaired) electrons. The Labute approximate surface area is 185 Å². The molecule has 0 aliphatic carbocycles. The smallest absolute Gasteiger partial charge is 0.336 e. The molecule has 0 saturated carbocycles. The number of esters is 1. The molecule has 0 spiro atoms. The van der Waals surface area contributed by atoms with Gasteiger partial charge in [0.15, 0.2) is 0 Å². The summed E-state index contributed by atoms with van der Waals surface area (Å²) in [6, 6.07) is 14.3. The first-order chi connectivity index (χ1) is 14.4. The highest BCUT2D eigenvalue weighted by Crippen LogP contribution is 2.34. The number of carbonyl (C=O) groups excluding carboxylic acids is 2. The normalized spacial score (nSPS) is 15.5. The van der Waals surface area contributed by atoms with Gasteiger partial charge < -0.3 is 9.47 Å². The monoisotopic (exact) mass is 439 g/mol. The van der Waals surface area contributed by atoms with Gasteiger partial charge in [-0.2, -0.15) is 0 Å². The molecule has 0 bridgehead atoms. The van der Waals surface area contributed by atoms with Crippen molar-refractivity contribution in [3.8, 4) is 11.5 Å². The number of ether oxygens (including phenoxy) is 2. The summed E-state index contributed by atoms with van der Waals surface area (Å²) >= 11 is 6.58. The van der Waals surface area contributed by atoms with Crippen molar-refractivity contribution in [3.05, 3.63) is 70.6 Å². The van der Waals surface area contributed by atoms with Crippen LogP contribution in [0.15, 0.2) is 59.5 Å². The summed E-state index contributed by atoms with van der Waals surface area (Å²) in [6.45, 7) is 3.86. The average Bonchev–Trinajstić information content (AvgIpc) is 3.01. The fourth-order valence-electron chi connectivity index (χ4n) is 2.74. The van der Waals surface area contributed by atoms with Crippen LogP contribution < -0.4 is 9.47 Å². The second-order valence-corrected chi connectivity index (χ2v) is 8.42. The van der Waals surface area contributed by atoms with E-state index < -0.39 is 5.97 Å². The maximum atomic E-state index is 12.5. The topological polar surface area (TPSA) is 55.8 Å². The van der Waals surface area contributed by atoms with Crippen LogP contribution in [-0.4, -0.2) is 34.2 Å². The zero-order valence-corrected chi connectivity index (χ0v) is 18.5. The summed E-state index contributed by atoms with van der Waals surface area (Å²) in [5, 5.41) is 0. The first-order valence-electron chi connectivity index (χ1n) is 9.28. The Kier molecular flexibility index (Phi) is 7.07. The van der Waals surface area contributed by atoms with Crippen molar-refractivity contribution in [2.24, 2.45) is 0 Å². The van der Waals surface area contributed by atoms with E-state index in [1.54, 1.807) is 48.4 Å². The van der Waals surface area contributed by atoms with E-state index in [2.05, 4.69) is 0 Å². The van der Waals surface area contributed by atoms with Gasteiger partial charge in [0.2, 0.25) is 0 Å². The predicted molar refractivity (Wildman–Crippen MR) is 124 cm³/mol. The summed E-state index contributed by atoms with van der Waals surface area (Å²) in [6.07, 6.45) is 4.83. The van der Waals surface area contributed by atoms with Crippen LogP contribution in [0.25, 0.3) is 12.2 Å². The number of methoxy groups -OCH3 is 1. The lowest BCUT2D eigenvalue weighted by molar-refractivity contribution is -0.129. The third-order valence-corrected chi connectivity index (χ3v) is 5.59. The summed E-state index contributed by atoms with van der Waals surface area (Å²) in [7, 11) is 1.60. The SMILES string of the molecule is COc1ccc(/C=C/C(=O)Oc2ccc(/C=C3\SC(=S)N(C(C)C)C3=O)cc2)cc1. The number of nitrogens with zero attached hydrogens (tertiary/aromatic N) is 1. The molecular formula is C23H21NO4S2. The van der Waals surface area contributed by atoms with Crippen molar-refractivity contribution < 1.29 is 19.1 Å². The van der Waals surface area contributed by atoms with Gasteiger partial charge in [-0.3, -0.25) is 9.69 Å². The summed E-state index contributed by atoms with van der Waals surface area (Å²) < 4.78 is 11.0. The minimum atomic E-state index is -0.476. The molecule has 1 aliphatic heterocycles. The molecule has 5 nitrogen and oxygen atoms in total. The molecule has 2 aromatic carbocycles. The molecule has 3 rings (SSSR count). The average molecular weight is 440 g/mol. The number of carbonyl (C=O) groups is 2. The van der Waals surface area contributed by atoms with Crippen molar-refractivity contribution in [2.45, 2.75) is 19.9 Å². The largest absolute Gasteiger partial charge is 0.497 e. The van der Waals surface area contributed by atoms with Crippen molar-refractivity contribution in [1.82, 2.24) is 4.90 Å². The molecule has 2 aromatic rings. The van der Waals surface area contributed by atoms with Crippen LogP contribution in [0.2, 0.25) is 0 Å². The third-order valence-electron chi connectivity index (χ3n) is 4.26. The number of amides is 1. The van der Waals surface area contributed by atoms with Crippen LogP contribution in [0.1, 0.15) is 25.0 Å². The van der Waals surface area contributed by atoms with Gasteiger partial charge in [-0.25, -0.2) is 4.79 Å². The summed E-state index contributed by atoms with van der Waals surface area (Å²) in [5.74, 6) is 0.614. The molecule has 0 unspecified atom stereocenters. The van der Waals surface area contributed by atoms with Crippen LogP contribution in [-0.2, 0) is 9.59 Å². The number of thiocarbonyl (C=S) groups is 1. The van der Waals surface area contributed by atoms with Gasteiger partial charge in [0.05, 0.1) is 12.0 Å². The van der Waals surface area contributed by atoms with Gasteiger partial charge in [0.25, 0.3) is 5.91 Å². The number of hydrogen-bond donors (Lipinski definition) is 0. The fourth-order valence-corrected chi connectivity index (χ4v) is 4.26. The molecule has 0 atom stereocenters. The maximum Gasteiger partial charge on any atom is 0.336 e. The molecule has 154 valence electrons. The van der Waals surface area contributed by atoms with Crippen molar-refractivity contribution in [2.75, 3.05) is 7.11 Å². The van der Waals surface area contributed by atoms with E-state index in [4.69, 9.17) is 21.7 Å². The van der Waals surface area contributed by atoms with Crippen LogP contribution >= 0.6 is 24.0 Å². The van der Waals surface area contributed by atoms with Crippen molar-refractivity contribution in [1.29, 1.82) is 0 Å². The van der Waals surface area contributed by atoms with E-state index in [1.807, 2.05) is 38.1 Å². The molecule has 1 heterocycles. The lowest BCUT2D eigenvalue weighted by Crippen LogP contribution is -2.34. The molecule has 0 N–H and O–H groups in total. The second-order valence-electron chi connectivity index (χ2n) is 6.74. The Balaban J connectivity index is 1.61. The van der Waals surface area contributed by atoms with Gasteiger partial charge in [-0.15, -0.1) is 0 Å². The van der Waals surface area contributed by atoms with Crippen molar-refractivity contribution >= 4 is 52.3 Å². The van der Waals surface area contributed by atoms with E-state index in [-0.39, 0.29) is 11.9 Å². The highest BCUT2D eigenvalue weighted by molar-refractivity contribution is 8.26. The van der Waals surface area contributed by atoms with E-state index >= 15 is 0 Å². The number of rotatable bonds is 6. The molecule has 1 aliphatic rings. The number of thioether (sulfide) groups is 1. The summed E-state index contributed by atoms with van der Waals surface area (Å²) in [4.78, 5) is 26.7. The molecule has 7 heteroatoms. The van der Waals surface area contributed by atoms with Gasteiger partial charge >= 0.3 is 5.97 Å². The van der Waals surface area contributed by atoms with Gasteiger partial charge in [-0.05, 0) is 61.4 Å². The standard InChI is InChI=1S/C23H21NO4S2/c1-15(2)24-22(26)20(30-23(24)29)14-17-6-11-19(12-7-17)28-21(25)13-8-16-4-9-18(27-3)10-5-16/h4-15H,1-3H3/b13-8+,20-14-. The quantitative estimate of drug-likeness (QED) is 0.276. The molecular weight excluding hydrogens is 418 g/mol. The highest BCUT2D eigenvalue weighted by atomic mass is 32.2.